The zero-order valence-corrected chi connectivity index (χ0v) is 20.7. The minimum Gasteiger partial charge on any atom is -0.350 e. The van der Waals surface area contributed by atoms with E-state index in [-0.39, 0.29) is 17.9 Å². The number of alkyl halides is 3. The molecule has 0 radical (unpaired) electrons. The van der Waals surface area contributed by atoms with Gasteiger partial charge in [-0.25, -0.2) is 8.42 Å². The largest absolute Gasteiger partial charge is 0.416 e. The highest BCUT2D eigenvalue weighted by Crippen LogP contribution is 2.38. The number of amides is 1. The Morgan fingerprint density at radius 2 is 1.71 bits per heavy atom. The van der Waals surface area contributed by atoms with Gasteiger partial charge in [0.1, 0.15) is 6.04 Å². The van der Waals surface area contributed by atoms with Crippen LogP contribution in [0.5, 0.6) is 0 Å². The topological polar surface area (TPSA) is 79.4 Å². The molecule has 1 atom stereocenters. The molecule has 0 bridgehead atoms. The Hall–Kier alpha value is -4.18. The average Bonchev–Trinajstić information content (AvgIpc) is 3.33. The number of anilines is 1. The molecular formula is C28H22F3N3O3S. The summed E-state index contributed by atoms with van der Waals surface area (Å²) < 4.78 is 68.1. The number of rotatable bonds is 6. The molecule has 1 amide bonds. The van der Waals surface area contributed by atoms with E-state index < -0.39 is 33.7 Å². The van der Waals surface area contributed by atoms with Crippen molar-refractivity contribution in [3.63, 3.8) is 0 Å². The summed E-state index contributed by atoms with van der Waals surface area (Å²) in [5.74, 6) is -0.450. The van der Waals surface area contributed by atoms with Crippen LogP contribution >= 0.6 is 0 Å². The number of nitrogens with one attached hydrogen (secondary N) is 1. The van der Waals surface area contributed by atoms with Gasteiger partial charge in [0.05, 0.1) is 16.1 Å². The fourth-order valence-corrected chi connectivity index (χ4v) is 6.12. The first kappa shape index (κ1) is 25.5. The third kappa shape index (κ3) is 4.99. The zero-order chi connectivity index (χ0) is 26.9. The molecular weight excluding hydrogens is 515 g/mol. The highest BCUT2D eigenvalue weighted by Gasteiger charge is 2.42. The second kappa shape index (κ2) is 9.94. The van der Waals surface area contributed by atoms with Crippen molar-refractivity contribution < 1.29 is 26.4 Å². The Balaban J connectivity index is 1.44. The molecule has 0 unspecified atom stereocenters. The summed E-state index contributed by atoms with van der Waals surface area (Å²) in [6, 6.07) is 19.9. The second-order valence-electron chi connectivity index (χ2n) is 8.83. The van der Waals surface area contributed by atoms with E-state index in [1.165, 1.54) is 36.4 Å². The number of sulfonamides is 1. The quantitative estimate of drug-likeness (QED) is 0.367. The fraction of sp³-hybridized carbons (Fsp3) is 0.143. The van der Waals surface area contributed by atoms with Crippen LogP contribution in [0.2, 0.25) is 0 Å². The zero-order valence-electron chi connectivity index (χ0n) is 19.9. The molecule has 0 aliphatic carbocycles. The molecule has 38 heavy (non-hydrogen) atoms. The van der Waals surface area contributed by atoms with Crippen LogP contribution in [0.3, 0.4) is 0 Å². The van der Waals surface area contributed by atoms with Crippen molar-refractivity contribution in [2.75, 3.05) is 4.31 Å². The van der Waals surface area contributed by atoms with Gasteiger partial charge in [-0.3, -0.25) is 14.1 Å². The van der Waals surface area contributed by atoms with E-state index >= 15 is 0 Å². The lowest BCUT2D eigenvalue weighted by Crippen LogP contribution is -2.47. The summed E-state index contributed by atoms with van der Waals surface area (Å²) >= 11 is 0. The van der Waals surface area contributed by atoms with Gasteiger partial charge in [-0.2, -0.15) is 13.2 Å². The van der Waals surface area contributed by atoms with Crippen LogP contribution in [0, 0.1) is 0 Å². The number of hydrogen-bond donors (Lipinski definition) is 1. The van der Waals surface area contributed by atoms with Gasteiger partial charge >= 0.3 is 6.18 Å². The monoisotopic (exact) mass is 537 g/mol. The summed E-state index contributed by atoms with van der Waals surface area (Å²) in [6.45, 7) is 0.194. The van der Waals surface area contributed by atoms with Crippen LogP contribution < -0.4 is 9.62 Å². The van der Waals surface area contributed by atoms with E-state index in [0.717, 1.165) is 27.6 Å². The van der Waals surface area contributed by atoms with Crippen molar-refractivity contribution in [3.8, 4) is 11.1 Å². The number of benzene rings is 3. The lowest BCUT2D eigenvalue weighted by atomic mass is 10.0. The van der Waals surface area contributed by atoms with E-state index in [1.54, 1.807) is 48.8 Å². The fourth-order valence-electron chi connectivity index (χ4n) is 4.47. The van der Waals surface area contributed by atoms with Crippen molar-refractivity contribution in [2.45, 2.75) is 30.1 Å². The summed E-state index contributed by atoms with van der Waals surface area (Å²) in [5, 5.41) is 2.80. The number of para-hydroxylation sites is 1. The molecule has 4 aromatic rings. The van der Waals surface area contributed by atoms with Gasteiger partial charge in [-0.1, -0.05) is 48.5 Å². The number of aromatic nitrogens is 1. The molecule has 2 heterocycles. The number of hydrogen-bond acceptors (Lipinski definition) is 4. The molecule has 5 rings (SSSR count). The third-order valence-electron chi connectivity index (χ3n) is 6.35. The lowest BCUT2D eigenvalue weighted by molar-refractivity contribution is -0.137. The maximum Gasteiger partial charge on any atom is 0.416 e. The Labute approximate surface area is 217 Å². The third-order valence-corrected chi connectivity index (χ3v) is 8.19. The highest BCUT2D eigenvalue weighted by atomic mass is 32.2. The molecule has 1 aromatic heterocycles. The predicted molar refractivity (Wildman–Crippen MR) is 137 cm³/mol. The SMILES string of the molecule is O=C(NCc1cccnc1)[C@@H]1Cc2ccccc2N1S(=O)(=O)c1ccc(-c2cccc(C(F)(F)F)c2)cc1. The Morgan fingerprint density at radius 1 is 0.947 bits per heavy atom. The van der Waals surface area contributed by atoms with E-state index in [2.05, 4.69) is 10.3 Å². The Bertz CT molecular complexity index is 1570. The van der Waals surface area contributed by atoms with E-state index in [1.807, 2.05) is 0 Å². The Kier molecular flexibility index (Phi) is 6.66. The van der Waals surface area contributed by atoms with Crippen LogP contribution in [0.25, 0.3) is 11.1 Å². The number of fused-ring (bicyclic) bond motifs is 1. The smallest absolute Gasteiger partial charge is 0.350 e. The van der Waals surface area contributed by atoms with Crippen molar-refractivity contribution in [1.82, 2.24) is 10.3 Å². The van der Waals surface area contributed by atoms with E-state index in [0.29, 0.717) is 16.8 Å². The van der Waals surface area contributed by atoms with Crippen LogP contribution in [0.4, 0.5) is 18.9 Å². The molecule has 194 valence electrons. The maximum absolute atomic E-state index is 13.8. The normalized spacial score (nSPS) is 15.2. The van der Waals surface area contributed by atoms with E-state index in [4.69, 9.17) is 0 Å². The maximum atomic E-state index is 13.8. The first-order chi connectivity index (χ1) is 18.1. The first-order valence-electron chi connectivity index (χ1n) is 11.7. The number of carbonyl (C=O) groups excluding carboxylic acids is 1. The number of pyridine rings is 1. The van der Waals surface area contributed by atoms with Gasteiger partial charge in [0, 0.05) is 25.4 Å². The molecule has 0 spiro atoms. The number of nitrogens with zero attached hydrogens (tertiary/aromatic N) is 2. The van der Waals surface area contributed by atoms with Crippen LogP contribution in [-0.4, -0.2) is 25.4 Å². The minimum absolute atomic E-state index is 0.0741. The molecule has 0 saturated heterocycles. The molecule has 0 saturated carbocycles. The molecule has 3 aromatic carbocycles. The van der Waals surface area contributed by atoms with Gasteiger partial charge in [-0.05, 0) is 58.7 Å². The molecule has 1 aliphatic heterocycles. The van der Waals surface area contributed by atoms with Crippen molar-refractivity contribution in [2.24, 2.45) is 0 Å². The first-order valence-corrected chi connectivity index (χ1v) is 13.2. The van der Waals surface area contributed by atoms with Gasteiger partial charge in [0.2, 0.25) is 5.91 Å². The van der Waals surface area contributed by atoms with Gasteiger partial charge in [0.15, 0.2) is 0 Å². The van der Waals surface area contributed by atoms with Crippen LogP contribution in [0.15, 0.2) is 102 Å². The van der Waals surface area contributed by atoms with Gasteiger partial charge in [-0.15, -0.1) is 0 Å². The van der Waals surface area contributed by atoms with Gasteiger partial charge < -0.3 is 5.32 Å². The van der Waals surface area contributed by atoms with Crippen LogP contribution in [0.1, 0.15) is 16.7 Å². The molecule has 6 nitrogen and oxygen atoms in total. The highest BCUT2D eigenvalue weighted by molar-refractivity contribution is 7.93. The van der Waals surface area contributed by atoms with Crippen molar-refractivity contribution in [1.29, 1.82) is 0 Å². The summed E-state index contributed by atoms with van der Waals surface area (Å²) in [6.07, 6.45) is -1.05. The molecule has 1 aliphatic rings. The van der Waals surface area contributed by atoms with E-state index in [9.17, 15) is 26.4 Å². The second-order valence-corrected chi connectivity index (χ2v) is 10.6. The predicted octanol–water partition coefficient (Wildman–Crippen LogP) is 5.20. The lowest BCUT2D eigenvalue weighted by Gasteiger charge is -2.26. The Morgan fingerprint density at radius 3 is 2.42 bits per heavy atom. The summed E-state index contributed by atoms with van der Waals surface area (Å²) in [5.41, 5.74) is 1.86. The molecule has 0 fully saturated rings. The average molecular weight is 538 g/mol. The van der Waals surface area contributed by atoms with Crippen molar-refractivity contribution >= 4 is 21.6 Å². The number of carbonyl (C=O) groups is 1. The number of halogens is 3. The summed E-state index contributed by atoms with van der Waals surface area (Å²) in [7, 11) is -4.18. The molecule has 1 N–H and O–H groups in total. The van der Waals surface area contributed by atoms with Gasteiger partial charge in [0.25, 0.3) is 10.0 Å². The molecule has 10 heteroatoms. The van der Waals surface area contributed by atoms with Crippen molar-refractivity contribution in [3.05, 3.63) is 114 Å². The minimum atomic E-state index is -4.49. The standard InChI is InChI=1S/C28H22F3N3O3S/c29-28(30,31)23-8-3-7-21(15-23)20-10-12-24(13-11-20)38(36,37)34-25-9-2-1-6-22(25)16-26(34)27(35)33-18-19-5-4-14-32-17-19/h1-15,17,26H,16,18H2,(H,33,35)/t26-/m0/s1. The summed E-state index contributed by atoms with van der Waals surface area (Å²) in [4.78, 5) is 17.1. The van der Waals surface area contributed by atoms with Crippen LogP contribution in [-0.2, 0) is 34.0 Å².